The predicted octanol–water partition coefficient (Wildman–Crippen LogP) is 0.222. The van der Waals surface area contributed by atoms with Crippen molar-refractivity contribution in [1.82, 2.24) is 0 Å². The van der Waals surface area contributed by atoms with Crippen LogP contribution in [0.2, 0.25) is 0 Å². The summed E-state index contributed by atoms with van der Waals surface area (Å²) in [5.41, 5.74) is 5.44. The molecular formula is C7H12N2O2. The third-order valence-electron chi connectivity index (χ3n) is 1.70. The van der Waals surface area contributed by atoms with Crippen LogP contribution in [-0.2, 0) is 9.59 Å². The molecule has 4 nitrogen and oxygen atoms in total. The van der Waals surface area contributed by atoms with Gasteiger partial charge in [-0.2, -0.15) is 0 Å². The SMILES string of the molecule is CC[C@H](C)[C@H](N)C(=O)N=C=O. The van der Waals surface area contributed by atoms with Crippen LogP contribution in [-0.4, -0.2) is 18.0 Å². The van der Waals surface area contributed by atoms with E-state index in [1.807, 2.05) is 13.8 Å². The van der Waals surface area contributed by atoms with E-state index >= 15 is 0 Å². The van der Waals surface area contributed by atoms with Crippen molar-refractivity contribution in [3.63, 3.8) is 0 Å². The molecule has 0 unspecified atom stereocenters. The van der Waals surface area contributed by atoms with Crippen LogP contribution in [0.5, 0.6) is 0 Å². The lowest BCUT2D eigenvalue weighted by molar-refractivity contribution is -0.119. The molecule has 0 rings (SSSR count). The lowest BCUT2D eigenvalue weighted by Crippen LogP contribution is -2.35. The molecule has 0 spiro atoms. The molecule has 0 aromatic carbocycles. The largest absolute Gasteiger partial charge is 0.320 e. The summed E-state index contributed by atoms with van der Waals surface area (Å²) in [6.45, 7) is 3.76. The monoisotopic (exact) mass is 156 g/mol. The molecule has 4 heteroatoms. The van der Waals surface area contributed by atoms with Crippen molar-refractivity contribution in [3.8, 4) is 0 Å². The molecule has 2 N–H and O–H groups in total. The van der Waals surface area contributed by atoms with Crippen molar-refractivity contribution >= 4 is 12.0 Å². The number of nitrogens with zero attached hydrogens (tertiary/aromatic N) is 1. The number of rotatable bonds is 3. The van der Waals surface area contributed by atoms with E-state index in [9.17, 15) is 9.59 Å². The molecule has 0 aliphatic rings. The van der Waals surface area contributed by atoms with Crippen molar-refractivity contribution in [2.75, 3.05) is 0 Å². The van der Waals surface area contributed by atoms with Crippen LogP contribution >= 0.6 is 0 Å². The van der Waals surface area contributed by atoms with E-state index in [1.54, 1.807) is 0 Å². The highest BCUT2D eigenvalue weighted by Gasteiger charge is 2.18. The lowest BCUT2D eigenvalue weighted by atomic mass is 10.00. The van der Waals surface area contributed by atoms with Crippen LogP contribution in [0.15, 0.2) is 4.99 Å². The van der Waals surface area contributed by atoms with Crippen LogP contribution in [0, 0.1) is 5.92 Å². The zero-order chi connectivity index (χ0) is 8.85. The fourth-order valence-electron chi connectivity index (χ4n) is 0.617. The van der Waals surface area contributed by atoms with Crippen molar-refractivity contribution in [2.45, 2.75) is 26.3 Å². The maximum absolute atomic E-state index is 10.8. The summed E-state index contributed by atoms with van der Waals surface area (Å²) in [5, 5.41) is 0. The summed E-state index contributed by atoms with van der Waals surface area (Å²) < 4.78 is 0. The predicted molar refractivity (Wildman–Crippen MR) is 40.6 cm³/mol. The van der Waals surface area contributed by atoms with Crippen LogP contribution in [0.4, 0.5) is 0 Å². The highest BCUT2D eigenvalue weighted by molar-refractivity contribution is 5.86. The second-order valence-corrected chi connectivity index (χ2v) is 2.45. The number of aliphatic imine (C=N–C) groups is 1. The van der Waals surface area contributed by atoms with E-state index in [0.717, 1.165) is 6.42 Å². The van der Waals surface area contributed by atoms with Crippen molar-refractivity contribution in [2.24, 2.45) is 16.6 Å². The summed E-state index contributed by atoms with van der Waals surface area (Å²) in [4.78, 5) is 23.4. The Morgan fingerprint density at radius 3 is 2.64 bits per heavy atom. The molecule has 0 aliphatic heterocycles. The van der Waals surface area contributed by atoms with Gasteiger partial charge < -0.3 is 5.73 Å². The van der Waals surface area contributed by atoms with Crippen molar-refractivity contribution in [1.29, 1.82) is 0 Å². The minimum atomic E-state index is -0.665. The van der Waals surface area contributed by atoms with Crippen LogP contribution in [0.1, 0.15) is 20.3 Å². The van der Waals surface area contributed by atoms with Crippen molar-refractivity contribution < 1.29 is 9.59 Å². The number of isocyanates is 1. The number of hydrogen-bond donors (Lipinski definition) is 1. The van der Waals surface area contributed by atoms with Gasteiger partial charge in [-0.05, 0) is 5.92 Å². The fourth-order valence-corrected chi connectivity index (χ4v) is 0.617. The van der Waals surface area contributed by atoms with E-state index in [0.29, 0.717) is 0 Å². The molecule has 0 aromatic heterocycles. The molecule has 2 atom stereocenters. The third kappa shape index (κ3) is 3.07. The first-order valence-electron chi connectivity index (χ1n) is 3.50. The van der Waals surface area contributed by atoms with Gasteiger partial charge in [0, 0.05) is 0 Å². The normalized spacial score (nSPS) is 14.8. The summed E-state index contributed by atoms with van der Waals surface area (Å²) in [7, 11) is 0. The maximum Gasteiger partial charge on any atom is 0.273 e. The molecule has 0 bridgehead atoms. The Kier molecular flexibility index (Phi) is 4.34. The van der Waals surface area contributed by atoms with Gasteiger partial charge in [-0.15, -0.1) is 4.99 Å². The summed E-state index contributed by atoms with van der Waals surface area (Å²) in [6, 6.07) is -0.665. The van der Waals surface area contributed by atoms with Crippen LogP contribution < -0.4 is 5.73 Å². The first-order valence-corrected chi connectivity index (χ1v) is 3.50. The van der Waals surface area contributed by atoms with E-state index < -0.39 is 11.9 Å². The molecule has 0 aromatic rings. The standard InChI is InChI=1S/C7H12N2O2/c1-3-5(2)6(8)7(11)9-4-10/h5-6H,3,8H2,1-2H3/t5-,6-/m0/s1. The Morgan fingerprint density at radius 1 is 1.73 bits per heavy atom. The Bertz CT molecular complexity index is 185. The molecule has 0 saturated carbocycles. The van der Waals surface area contributed by atoms with Gasteiger partial charge in [0.05, 0.1) is 6.04 Å². The molecule has 0 saturated heterocycles. The van der Waals surface area contributed by atoms with E-state index in [1.165, 1.54) is 6.08 Å². The molecule has 62 valence electrons. The summed E-state index contributed by atoms with van der Waals surface area (Å²) >= 11 is 0. The van der Waals surface area contributed by atoms with E-state index in [-0.39, 0.29) is 5.92 Å². The zero-order valence-corrected chi connectivity index (χ0v) is 6.70. The number of hydrogen-bond acceptors (Lipinski definition) is 3. The zero-order valence-electron chi connectivity index (χ0n) is 6.70. The van der Waals surface area contributed by atoms with Gasteiger partial charge in [0.1, 0.15) is 0 Å². The first-order chi connectivity index (χ1) is 5.13. The minimum absolute atomic E-state index is 0.0552. The van der Waals surface area contributed by atoms with Gasteiger partial charge >= 0.3 is 0 Å². The van der Waals surface area contributed by atoms with Gasteiger partial charge in [0.25, 0.3) is 5.91 Å². The first kappa shape index (κ1) is 10.0. The Hall–Kier alpha value is -0.990. The third-order valence-corrected chi connectivity index (χ3v) is 1.70. The number of nitrogens with two attached hydrogens (primary N) is 1. The lowest BCUT2D eigenvalue weighted by Gasteiger charge is -2.12. The second-order valence-electron chi connectivity index (χ2n) is 2.45. The average Bonchev–Trinajstić information content (AvgIpc) is 2.02. The van der Waals surface area contributed by atoms with Crippen molar-refractivity contribution in [3.05, 3.63) is 0 Å². The highest BCUT2D eigenvalue weighted by Crippen LogP contribution is 2.05. The average molecular weight is 156 g/mol. The molecule has 0 radical (unpaired) electrons. The smallest absolute Gasteiger partial charge is 0.273 e. The quantitative estimate of drug-likeness (QED) is 0.469. The van der Waals surface area contributed by atoms with Crippen LogP contribution in [0.3, 0.4) is 0 Å². The van der Waals surface area contributed by atoms with Gasteiger partial charge in [-0.25, -0.2) is 4.79 Å². The Labute approximate surface area is 65.5 Å². The van der Waals surface area contributed by atoms with Gasteiger partial charge in [-0.3, -0.25) is 4.79 Å². The molecular weight excluding hydrogens is 144 g/mol. The van der Waals surface area contributed by atoms with Gasteiger partial charge in [-0.1, -0.05) is 20.3 Å². The molecule has 0 fully saturated rings. The van der Waals surface area contributed by atoms with Gasteiger partial charge in [0.15, 0.2) is 0 Å². The topological polar surface area (TPSA) is 72.5 Å². The van der Waals surface area contributed by atoms with Crippen LogP contribution in [0.25, 0.3) is 0 Å². The Balaban J connectivity index is 4.12. The molecule has 1 amide bonds. The van der Waals surface area contributed by atoms with E-state index in [4.69, 9.17) is 5.73 Å². The molecule has 0 heterocycles. The van der Waals surface area contributed by atoms with E-state index in [2.05, 4.69) is 4.99 Å². The fraction of sp³-hybridized carbons (Fsp3) is 0.714. The molecule has 11 heavy (non-hydrogen) atoms. The minimum Gasteiger partial charge on any atom is -0.320 e. The highest BCUT2D eigenvalue weighted by atomic mass is 16.2. The summed E-state index contributed by atoms with van der Waals surface area (Å²) in [5.74, 6) is -0.533. The number of carbonyl (C=O) groups is 1. The van der Waals surface area contributed by atoms with Gasteiger partial charge in [0.2, 0.25) is 6.08 Å². The molecule has 0 aliphatic carbocycles. The Morgan fingerprint density at radius 2 is 2.27 bits per heavy atom. The second kappa shape index (κ2) is 4.77. The summed E-state index contributed by atoms with van der Waals surface area (Å²) in [6.07, 6.45) is 1.97. The number of amides is 1. The number of carbonyl (C=O) groups excluding carboxylic acids is 2. The maximum atomic E-state index is 10.8.